The summed E-state index contributed by atoms with van der Waals surface area (Å²) in [5.74, 6) is 1.27. The molecule has 0 saturated carbocycles. The van der Waals surface area contributed by atoms with Crippen LogP contribution in [0.2, 0.25) is 0 Å². The lowest BCUT2D eigenvalue weighted by Gasteiger charge is -2.26. The minimum absolute atomic E-state index is 0.0741. The molecule has 3 aromatic rings. The summed E-state index contributed by atoms with van der Waals surface area (Å²) >= 11 is 0. The molecule has 1 N–H and O–H groups in total. The number of ether oxygens (including phenoxy) is 1. The lowest BCUT2D eigenvalue weighted by molar-refractivity contribution is -0.383. The number of anilines is 1. The lowest BCUT2D eigenvalue weighted by atomic mass is 9.93. The number of nitrogens with zero attached hydrogens (tertiary/aromatic N) is 2. The summed E-state index contributed by atoms with van der Waals surface area (Å²) in [7, 11) is 0. The molecule has 0 amide bonds. The number of aromatic nitrogens is 1. The number of nitro benzene ring substituents is 1. The van der Waals surface area contributed by atoms with Crippen molar-refractivity contribution in [2.75, 3.05) is 18.5 Å². The molecule has 0 radical (unpaired) electrons. The molecule has 0 bridgehead atoms. The third kappa shape index (κ3) is 2.87. The van der Waals surface area contributed by atoms with Gasteiger partial charge in [0, 0.05) is 24.7 Å². The number of rotatable bonds is 4. The van der Waals surface area contributed by atoms with Crippen molar-refractivity contribution in [3.05, 3.63) is 70.4 Å². The van der Waals surface area contributed by atoms with Crippen LogP contribution in [-0.4, -0.2) is 23.1 Å². The molecule has 25 heavy (non-hydrogen) atoms. The van der Waals surface area contributed by atoms with E-state index in [0.29, 0.717) is 23.4 Å². The van der Waals surface area contributed by atoms with Crippen molar-refractivity contribution < 1.29 is 9.66 Å². The number of nitrogens with one attached hydrogen (secondary N) is 1. The number of hydrogen-bond acceptors (Lipinski definition) is 5. The quantitative estimate of drug-likeness (QED) is 0.573. The van der Waals surface area contributed by atoms with Gasteiger partial charge in [-0.2, -0.15) is 0 Å². The molecule has 1 aliphatic rings. The van der Waals surface area contributed by atoms with Crippen LogP contribution in [0.15, 0.2) is 54.7 Å². The number of pyridine rings is 1. The zero-order valence-electron chi connectivity index (χ0n) is 13.5. The van der Waals surface area contributed by atoms with E-state index in [4.69, 9.17) is 4.74 Å². The molecule has 0 spiro atoms. The molecule has 1 atom stereocenters. The van der Waals surface area contributed by atoms with Crippen molar-refractivity contribution in [1.82, 2.24) is 4.98 Å². The molecule has 0 fully saturated rings. The predicted octanol–water partition coefficient (Wildman–Crippen LogP) is 4.12. The highest BCUT2D eigenvalue weighted by molar-refractivity contribution is 5.96. The van der Waals surface area contributed by atoms with Gasteiger partial charge in [-0.1, -0.05) is 18.2 Å². The van der Waals surface area contributed by atoms with Gasteiger partial charge in [-0.05, 0) is 36.2 Å². The van der Waals surface area contributed by atoms with Crippen molar-refractivity contribution in [3.63, 3.8) is 0 Å². The minimum atomic E-state index is -0.373. The van der Waals surface area contributed by atoms with Gasteiger partial charge in [0.05, 0.1) is 22.6 Å². The average molecular weight is 335 g/mol. The highest BCUT2D eigenvalue weighted by Crippen LogP contribution is 2.35. The van der Waals surface area contributed by atoms with Crippen molar-refractivity contribution in [2.24, 2.45) is 0 Å². The number of para-hydroxylation sites is 1. The van der Waals surface area contributed by atoms with Gasteiger partial charge in [0.1, 0.15) is 11.3 Å². The fourth-order valence-electron chi connectivity index (χ4n) is 3.32. The van der Waals surface area contributed by atoms with Crippen LogP contribution < -0.4 is 10.1 Å². The van der Waals surface area contributed by atoms with Gasteiger partial charge in [0.15, 0.2) is 0 Å². The van der Waals surface area contributed by atoms with Crippen LogP contribution in [0.4, 0.5) is 11.4 Å². The van der Waals surface area contributed by atoms with Crippen LogP contribution in [0.25, 0.3) is 10.9 Å². The van der Waals surface area contributed by atoms with Crippen LogP contribution in [0, 0.1) is 10.1 Å². The predicted molar refractivity (Wildman–Crippen MR) is 96.2 cm³/mol. The first-order chi connectivity index (χ1) is 12.2. The van der Waals surface area contributed by atoms with Crippen molar-refractivity contribution in [1.29, 1.82) is 0 Å². The van der Waals surface area contributed by atoms with Gasteiger partial charge in [0.25, 0.3) is 5.69 Å². The molecule has 2 aromatic carbocycles. The summed E-state index contributed by atoms with van der Waals surface area (Å²) in [5, 5.41) is 15.2. The molecule has 2 heterocycles. The van der Waals surface area contributed by atoms with Crippen LogP contribution >= 0.6 is 0 Å². The molecule has 1 aromatic heterocycles. The van der Waals surface area contributed by atoms with Gasteiger partial charge < -0.3 is 10.1 Å². The SMILES string of the molecule is O=[N+]([O-])c1ccc(NCC2CCOc3ccccc32)c2ncccc12. The molecule has 6 heteroatoms. The largest absolute Gasteiger partial charge is 0.493 e. The molecule has 126 valence electrons. The summed E-state index contributed by atoms with van der Waals surface area (Å²) in [6.45, 7) is 1.42. The Morgan fingerprint density at radius 1 is 1.20 bits per heavy atom. The van der Waals surface area contributed by atoms with Crippen LogP contribution in [-0.2, 0) is 0 Å². The minimum Gasteiger partial charge on any atom is -0.493 e. The zero-order chi connectivity index (χ0) is 17.2. The summed E-state index contributed by atoms with van der Waals surface area (Å²) in [6.07, 6.45) is 2.59. The van der Waals surface area contributed by atoms with Crippen molar-refractivity contribution in [3.8, 4) is 5.75 Å². The first-order valence-corrected chi connectivity index (χ1v) is 8.22. The maximum atomic E-state index is 11.2. The number of benzene rings is 2. The van der Waals surface area contributed by atoms with Gasteiger partial charge in [-0.25, -0.2) is 0 Å². The molecule has 1 unspecified atom stereocenters. The normalized spacial score (nSPS) is 16.1. The third-order valence-electron chi connectivity index (χ3n) is 4.56. The maximum absolute atomic E-state index is 11.2. The van der Waals surface area contributed by atoms with E-state index in [1.807, 2.05) is 18.2 Å². The highest BCUT2D eigenvalue weighted by atomic mass is 16.6. The average Bonchev–Trinajstić information content (AvgIpc) is 2.65. The van der Waals surface area contributed by atoms with E-state index in [0.717, 1.165) is 24.4 Å². The van der Waals surface area contributed by atoms with E-state index in [2.05, 4.69) is 16.4 Å². The maximum Gasteiger partial charge on any atom is 0.278 e. The Kier molecular flexibility index (Phi) is 3.93. The van der Waals surface area contributed by atoms with Gasteiger partial charge in [0.2, 0.25) is 0 Å². The Balaban J connectivity index is 1.63. The van der Waals surface area contributed by atoms with Crippen molar-refractivity contribution in [2.45, 2.75) is 12.3 Å². The second-order valence-electron chi connectivity index (χ2n) is 6.04. The van der Waals surface area contributed by atoms with Gasteiger partial charge >= 0.3 is 0 Å². The molecule has 4 rings (SSSR count). The summed E-state index contributed by atoms with van der Waals surface area (Å²) < 4.78 is 5.70. The molecule has 0 aliphatic carbocycles. The summed E-state index contributed by atoms with van der Waals surface area (Å²) in [4.78, 5) is 15.2. The van der Waals surface area contributed by atoms with Gasteiger partial charge in [-0.3, -0.25) is 15.1 Å². The Morgan fingerprint density at radius 2 is 2.08 bits per heavy atom. The van der Waals surface area contributed by atoms with Crippen LogP contribution in [0.5, 0.6) is 5.75 Å². The standard InChI is InChI=1S/C19H17N3O3/c23-22(24)17-8-7-16(19-15(17)5-3-10-20-19)21-12-13-9-11-25-18-6-2-1-4-14(13)18/h1-8,10,13,21H,9,11-12H2. The number of fused-ring (bicyclic) bond motifs is 2. The van der Waals surface area contributed by atoms with E-state index in [1.165, 1.54) is 11.6 Å². The van der Waals surface area contributed by atoms with Crippen molar-refractivity contribution >= 4 is 22.3 Å². The van der Waals surface area contributed by atoms with Crippen LogP contribution in [0.3, 0.4) is 0 Å². The van der Waals surface area contributed by atoms with E-state index in [1.54, 1.807) is 24.4 Å². The Morgan fingerprint density at radius 3 is 2.96 bits per heavy atom. The highest BCUT2D eigenvalue weighted by Gasteiger charge is 2.21. The number of hydrogen-bond donors (Lipinski definition) is 1. The fraction of sp³-hybridized carbons (Fsp3) is 0.211. The zero-order valence-corrected chi connectivity index (χ0v) is 13.5. The summed E-state index contributed by atoms with van der Waals surface area (Å²) in [5.41, 5.74) is 2.70. The number of non-ortho nitro benzene ring substituents is 1. The first-order valence-electron chi connectivity index (χ1n) is 8.22. The van der Waals surface area contributed by atoms with Gasteiger partial charge in [-0.15, -0.1) is 0 Å². The molecular weight excluding hydrogens is 318 g/mol. The molecule has 0 saturated heterocycles. The first kappa shape index (κ1) is 15.4. The van der Waals surface area contributed by atoms with Crippen LogP contribution in [0.1, 0.15) is 17.9 Å². The number of nitro groups is 1. The second-order valence-corrected chi connectivity index (χ2v) is 6.04. The molecule has 1 aliphatic heterocycles. The van der Waals surface area contributed by atoms with E-state index in [9.17, 15) is 10.1 Å². The Labute approximate surface area is 144 Å². The Hall–Kier alpha value is -3.15. The molecule has 6 nitrogen and oxygen atoms in total. The summed E-state index contributed by atoms with van der Waals surface area (Å²) in [6, 6.07) is 14.8. The lowest BCUT2D eigenvalue weighted by Crippen LogP contribution is -2.20. The second kappa shape index (κ2) is 6.39. The topological polar surface area (TPSA) is 77.3 Å². The third-order valence-corrected chi connectivity index (χ3v) is 4.56. The van der Waals surface area contributed by atoms with E-state index >= 15 is 0 Å². The monoisotopic (exact) mass is 335 g/mol. The fourth-order valence-corrected chi connectivity index (χ4v) is 3.32. The smallest absolute Gasteiger partial charge is 0.278 e. The molecular formula is C19H17N3O3. The van der Waals surface area contributed by atoms with E-state index < -0.39 is 0 Å². The van der Waals surface area contributed by atoms with E-state index in [-0.39, 0.29) is 10.6 Å². The Bertz CT molecular complexity index is 942.